The molecule has 0 N–H and O–H groups in total. The van der Waals surface area contributed by atoms with Crippen molar-refractivity contribution < 1.29 is 0 Å². The Morgan fingerprint density at radius 1 is 0.944 bits per heavy atom. The lowest BCUT2D eigenvalue weighted by Gasteiger charge is -2.16. The van der Waals surface area contributed by atoms with Gasteiger partial charge in [-0.2, -0.15) is 11.5 Å². The van der Waals surface area contributed by atoms with E-state index in [0.29, 0.717) is 0 Å². The molecule has 0 aromatic heterocycles. The normalized spacial score (nSPS) is 10.7. The van der Waals surface area contributed by atoms with Crippen molar-refractivity contribution in [1.82, 2.24) is 4.90 Å². The van der Waals surface area contributed by atoms with Gasteiger partial charge in [0.05, 0.1) is 0 Å². The second kappa shape index (κ2) is 6.08. The van der Waals surface area contributed by atoms with E-state index in [1.165, 1.54) is 11.0 Å². The Morgan fingerprint density at radius 3 is 2.22 bits per heavy atom. The molecule has 0 heterocycles. The van der Waals surface area contributed by atoms with Gasteiger partial charge in [0, 0.05) is 6.54 Å². The van der Waals surface area contributed by atoms with E-state index < -0.39 is 0 Å². The Hall–Kier alpha value is -1.25. The average Bonchev–Trinajstić information content (AvgIpc) is 2.39. The predicted octanol–water partition coefficient (Wildman–Crippen LogP) is 2.09. The minimum absolute atomic E-state index is 0.0812. The molecule has 0 radical (unpaired) electrons. The van der Waals surface area contributed by atoms with E-state index in [1.54, 1.807) is 0 Å². The third-order valence-electron chi connectivity index (χ3n) is 2.91. The van der Waals surface area contributed by atoms with Crippen molar-refractivity contribution in [2.24, 2.45) is 0 Å². The molecule has 0 fully saturated rings. The van der Waals surface area contributed by atoms with Crippen LogP contribution in [0.3, 0.4) is 0 Å². The highest BCUT2D eigenvalue weighted by Crippen LogP contribution is 2.04. The van der Waals surface area contributed by atoms with E-state index in [4.69, 9.17) is 11.5 Å². The zero-order valence-electron chi connectivity index (χ0n) is 10.8. The molecule has 0 unspecified atom stereocenters. The highest BCUT2D eigenvalue weighted by atomic mass is 35.5. The Morgan fingerprint density at radius 2 is 1.56 bits per heavy atom. The van der Waals surface area contributed by atoms with Gasteiger partial charge >= 0.3 is 6.13 Å². The second-order valence-electron chi connectivity index (χ2n) is 4.71. The fourth-order valence-electron chi connectivity index (χ4n) is 2.07. The molecule has 0 aliphatic rings. The van der Waals surface area contributed by atoms with Crippen LogP contribution >= 0.6 is 11.5 Å². The SMILES string of the molecule is CN(C)Cc1ccccc1B(Cl)c1ccccc1. The van der Waals surface area contributed by atoms with Crippen LogP contribution in [0.15, 0.2) is 54.6 Å². The van der Waals surface area contributed by atoms with Crippen molar-refractivity contribution >= 4 is 28.5 Å². The molecule has 0 amide bonds. The van der Waals surface area contributed by atoms with Gasteiger partial charge in [-0.3, -0.25) is 0 Å². The number of hydrogen-bond donors (Lipinski definition) is 0. The largest absolute Gasteiger partial charge is 0.315 e. The number of benzene rings is 2. The van der Waals surface area contributed by atoms with Gasteiger partial charge in [0.25, 0.3) is 0 Å². The molecule has 1 nitrogen and oxygen atoms in total. The summed E-state index contributed by atoms with van der Waals surface area (Å²) in [6.45, 7) is 0.909. The zero-order chi connectivity index (χ0) is 13.0. The third kappa shape index (κ3) is 3.15. The van der Waals surface area contributed by atoms with Gasteiger partial charge < -0.3 is 4.90 Å². The van der Waals surface area contributed by atoms with Crippen LogP contribution in [0, 0.1) is 0 Å². The fraction of sp³-hybridized carbons (Fsp3) is 0.200. The van der Waals surface area contributed by atoms with Gasteiger partial charge in [-0.25, -0.2) is 0 Å². The maximum absolute atomic E-state index is 6.60. The molecule has 0 bridgehead atoms. The van der Waals surface area contributed by atoms with Crippen LogP contribution in [0.2, 0.25) is 0 Å². The first-order chi connectivity index (χ1) is 8.68. The Labute approximate surface area is 114 Å². The van der Waals surface area contributed by atoms with Crippen LogP contribution in [-0.4, -0.2) is 25.1 Å². The lowest BCUT2D eigenvalue weighted by molar-refractivity contribution is 0.403. The van der Waals surface area contributed by atoms with Crippen molar-refractivity contribution in [2.45, 2.75) is 6.54 Å². The highest BCUT2D eigenvalue weighted by molar-refractivity contribution is 7.21. The Balaban J connectivity index is 2.33. The van der Waals surface area contributed by atoms with E-state index in [2.05, 4.69) is 49.3 Å². The summed E-state index contributed by atoms with van der Waals surface area (Å²) in [6, 6.07) is 18.6. The molecule has 0 aliphatic carbocycles. The van der Waals surface area contributed by atoms with Crippen LogP contribution < -0.4 is 10.9 Å². The summed E-state index contributed by atoms with van der Waals surface area (Å²) in [6.07, 6.45) is -0.0812. The molecule has 0 saturated carbocycles. The van der Waals surface area contributed by atoms with Crippen molar-refractivity contribution in [1.29, 1.82) is 0 Å². The van der Waals surface area contributed by atoms with Gasteiger partial charge in [-0.15, -0.1) is 0 Å². The second-order valence-corrected chi connectivity index (χ2v) is 5.15. The van der Waals surface area contributed by atoms with Crippen molar-refractivity contribution in [2.75, 3.05) is 14.1 Å². The standard InChI is InChI=1S/C15H17BClN/c1-18(2)12-13-8-6-7-11-15(13)16(17)14-9-4-3-5-10-14/h3-11H,12H2,1-2H3. The van der Waals surface area contributed by atoms with Crippen molar-refractivity contribution in [3.63, 3.8) is 0 Å². The molecular weight excluding hydrogens is 240 g/mol. The third-order valence-corrected chi connectivity index (χ3v) is 3.39. The minimum Gasteiger partial charge on any atom is -0.305 e. The van der Waals surface area contributed by atoms with E-state index in [0.717, 1.165) is 12.0 Å². The summed E-state index contributed by atoms with van der Waals surface area (Å²) in [7, 11) is 4.14. The van der Waals surface area contributed by atoms with E-state index in [9.17, 15) is 0 Å². The van der Waals surface area contributed by atoms with Crippen LogP contribution in [0.1, 0.15) is 5.56 Å². The first-order valence-corrected chi connectivity index (χ1v) is 6.53. The van der Waals surface area contributed by atoms with Crippen molar-refractivity contribution in [3.8, 4) is 0 Å². The maximum atomic E-state index is 6.60. The first kappa shape index (κ1) is 13.2. The molecule has 3 heteroatoms. The Kier molecular flexibility index (Phi) is 4.46. The summed E-state index contributed by atoms with van der Waals surface area (Å²) < 4.78 is 0. The van der Waals surface area contributed by atoms with E-state index >= 15 is 0 Å². The number of halogens is 1. The zero-order valence-corrected chi connectivity index (χ0v) is 11.6. The van der Waals surface area contributed by atoms with Crippen LogP contribution in [0.4, 0.5) is 0 Å². The van der Waals surface area contributed by atoms with Crippen LogP contribution in [-0.2, 0) is 6.54 Å². The smallest absolute Gasteiger partial charge is 0.305 e. The van der Waals surface area contributed by atoms with E-state index in [1.807, 2.05) is 24.3 Å². The summed E-state index contributed by atoms with van der Waals surface area (Å²) in [5.41, 5.74) is 3.62. The van der Waals surface area contributed by atoms with Crippen LogP contribution in [0.25, 0.3) is 0 Å². The average molecular weight is 258 g/mol. The molecule has 92 valence electrons. The number of rotatable bonds is 4. The molecule has 2 rings (SSSR count). The summed E-state index contributed by atoms with van der Waals surface area (Å²) >= 11 is 6.60. The van der Waals surface area contributed by atoms with Gasteiger partial charge in [0.2, 0.25) is 0 Å². The first-order valence-electron chi connectivity index (χ1n) is 6.10. The number of nitrogens with zero attached hydrogens (tertiary/aromatic N) is 1. The number of hydrogen-bond acceptors (Lipinski definition) is 1. The van der Waals surface area contributed by atoms with Gasteiger partial charge in [0.15, 0.2) is 0 Å². The molecule has 0 saturated heterocycles. The van der Waals surface area contributed by atoms with E-state index in [-0.39, 0.29) is 6.13 Å². The topological polar surface area (TPSA) is 3.24 Å². The quantitative estimate of drug-likeness (QED) is 0.758. The fourth-order valence-corrected chi connectivity index (χ4v) is 2.43. The highest BCUT2D eigenvalue weighted by Gasteiger charge is 2.19. The predicted molar refractivity (Wildman–Crippen MR) is 81.2 cm³/mol. The molecular formula is C15H17BClN. The monoisotopic (exact) mass is 257 g/mol. The van der Waals surface area contributed by atoms with Gasteiger partial charge in [-0.1, -0.05) is 65.5 Å². The molecule has 2 aromatic rings. The summed E-state index contributed by atoms with van der Waals surface area (Å²) in [5, 5.41) is 0. The molecule has 0 spiro atoms. The lowest BCUT2D eigenvalue weighted by atomic mass is 9.60. The van der Waals surface area contributed by atoms with Crippen LogP contribution in [0.5, 0.6) is 0 Å². The molecule has 0 aliphatic heterocycles. The van der Waals surface area contributed by atoms with Crippen molar-refractivity contribution in [3.05, 3.63) is 60.2 Å². The Bertz CT molecular complexity index is 499. The summed E-state index contributed by atoms with van der Waals surface area (Å²) in [5.74, 6) is 0. The minimum atomic E-state index is -0.0812. The van der Waals surface area contributed by atoms with Gasteiger partial charge in [0.1, 0.15) is 0 Å². The summed E-state index contributed by atoms with van der Waals surface area (Å²) in [4.78, 5) is 2.16. The molecule has 2 aromatic carbocycles. The molecule has 0 atom stereocenters. The van der Waals surface area contributed by atoms with Gasteiger partial charge in [-0.05, 0) is 19.7 Å². The maximum Gasteiger partial charge on any atom is 0.315 e. The molecule has 18 heavy (non-hydrogen) atoms. The lowest BCUT2D eigenvalue weighted by Crippen LogP contribution is -2.40.